The molecule has 3 rings (SSSR count). The van der Waals surface area contributed by atoms with E-state index in [2.05, 4.69) is 21.2 Å². The number of ether oxygens (including phenoxy) is 1. The van der Waals surface area contributed by atoms with E-state index in [4.69, 9.17) is 4.74 Å². The molecule has 0 radical (unpaired) electrons. The molecule has 0 aliphatic rings. The number of amides is 1. The Morgan fingerprint density at radius 2 is 1.42 bits per heavy atom. The zero-order chi connectivity index (χ0) is 18.4. The van der Waals surface area contributed by atoms with Crippen molar-refractivity contribution in [3.05, 3.63) is 88.9 Å². The second-order valence-corrected chi connectivity index (χ2v) is 6.40. The summed E-state index contributed by atoms with van der Waals surface area (Å²) >= 11 is 3.35. The van der Waals surface area contributed by atoms with Crippen LogP contribution in [-0.2, 0) is 9.53 Å². The van der Waals surface area contributed by atoms with Gasteiger partial charge in [-0.2, -0.15) is 0 Å². The molecule has 3 aromatic rings. The van der Waals surface area contributed by atoms with Gasteiger partial charge in [-0.15, -0.1) is 0 Å². The molecule has 0 heterocycles. The van der Waals surface area contributed by atoms with E-state index >= 15 is 0 Å². The van der Waals surface area contributed by atoms with Crippen LogP contribution >= 0.6 is 15.9 Å². The topological polar surface area (TPSA) is 55.4 Å². The van der Waals surface area contributed by atoms with Gasteiger partial charge in [-0.1, -0.05) is 54.6 Å². The van der Waals surface area contributed by atoms with Gasteiger partial charge >= 0.3 is 5.97 Å². The molecule has 3 aromatic carbocycles. The van der Waals surface area contributed by atoms with Gasteiger partial charge in [0, 0.05) is 4.47 Å². The van der Waals surface area contributed by atoms with Crippen molar-refractivity contribution in [2.75, 3.05) is 11.9 Å². The summed E-state index contributed by atoms with van der Waals surface area (Å²) < 4.78 is 5.84. The highest BCUT2D eigenvalue weighted by molar-refractivity contribution is 9.10. The molecular formula is C21H16BrNO3. The van der Waals surface area contributed by atoms with Gasteiger partial charge in [-0.3, -0.25) is 4.79 Å². The van der Waals surface area contributed by atoms with Crippen molar-refractivity contribution in [3.63, 3.8) is 0 Å². The van der Waals surface area contributed by atoms with Crippen LogP contribution in [0.4, 0.5) is 5.69 Å². The molecule has 26 heavy (non-hydrogen) atoms. The van der Waals surface area contributed by atoms with Gasteiger partial charge in [0.25, 0.3) is 5.91 Å². The highest BCUT2D eigenvalue weighted by Gasteiger charge is 2.11. The van der Waals surface area contributed by atoms with Crippen LogP contribution in [0, 0.1) is 0 Å². The van der Waals surface area contributed by atoms with Crippen LogP contribution in [0.1, 0.15) is 10.4 Å². The molecular weight excluding hydrogens is 394 g/mol. The second kappa shape index (κ2) is 8.45. The van der Waals surface area contributed by atoms with Gasteiger partial charge < -0.3 is 10.1 Å². The van der Waals surface area contributed by atoms with Crippen LogP contribution in [0.3, 0.4) is 0 Å². The van der Waals surface area contributed by atoms with Crippen LogP contribution in [0.2, 0.25) is 0 Å². The summed E-state index contributed by atoms with van der Waals surface area (Å²) in [5, 5.41) is 2.68. The fourth-order valence-electron chi connectivity index (χ4n) is 2.39. The Morgan fingerprint density at radius 3 is 2.12 bits per heavy atom. The molecule has 0 bridgehead atoms. The smallest absolute Gasteiger partial charge is 0.338 e. The third-order valence-corrected chi connectivity index (χ3v) is 4.40. The third kappa shape index (κ3) is 4.58. The summed E-state index contributed by atoms with van der Waals surface area (Å²) in [7, 11) is 0. The Bertz CT molecular complexity index is 908. The van der Waals surface area contributed by atoms with Crippen LogP contribution in [0.15, 0.2) is 83.3 Å². The Balaban J connectivity index is 1.56. The maximum absolute atomic E-state index is 12.1. The van der Waals surface area contributed by atoms with Gasteiger partial charge in [0.2, 0.25) is 0 Å². The van der Waals surface area contributed by atoms with E-state index < -0.39 is 11.9 Å². The molecule has 0 atom stereocenters. The third-order valence-electron chi connectivity index (χ3n) is 3.71. The molecule has 130 valence electrons. The van der Waals surface area contributed by atoms with Crippen LogP contribution < -0.4 is 5.32 Å². The first-order valence-electron chi connectivity index (χ1n) is 8.00. The van der Waals surface area contributed by atoms with Gasteiger partial charge in [-0.25, -0.2) is 4.79 Å². The predicted octanol–water partition coefficient (Wildman–Crippen LogP) is 4.91. The van der Waals surface area contributed by atoms with Gasteiger partial charge in [0.05, 0.1) is 11.3 Å². The summed E-state index contributed by atoms with van der Waals surface area (Å²) in [4.78, 5) is 24.0. The minimum atomic E-state index is -0.535. The maximum atomic E-state index is 12.1. The van der Waals surface area contributed by atoms with Crippen molar-refractivity contribution >= 4 is 33.5 Å². The average molecular weight is 410 g/mol. The molecule has 1 N–H and O–H groups in total. The molecule has 0 fully saturated rings. The van der Waals surface area contributed by atoms with E-state index in [1.165, 1.54) is 0 Å². The summed E-state index contributed by atoms with van der Waals surface area (Å²) in [6, 6.07) is 24.2. The molecule has 5 heteroatoms. The zero-order valence-corrected chi connectivity index (χ0v) is 15.4. The number of esters is 1. The first kappa shape index (κ1) is 17.9. The minimum absolute atomic E-state index is 0.347. The molecule has 0 spiro atoms. The molecule has 0 aliphatic heterocycles. The van der Waals surface area contributed by atoms with Crippen molar-refractivity contribution in [3.8, 4) is 11.1 Å². The number of nitrogens with one attached hydrogen (secondary N) is 1. The lowest BCUT2D eigenvalue weighted by Gasteiger charge is -2.08. The Labute approximate surface area is 159 Å². The predicted molar refractivity (Wildman–Crippen MR) is 105 cm³/mol. The normalized spacial score (nSPS) is 10.2. The number of halogens is 1. The van der Waals surface area contributed by atoms with E-state index in [-0.39, 0.29) is 6.61 Å². The van der Waals surface area contributed by atoms with Crippen molar-refractivity contribution in [1.29, 1.82) is 0 Å². The maximum Gasteiger partial charge on any atom is 0.338 e. The number of carbonyl (C=O) groups is 2. The first-order chi connectivity index (χ1) is 12.6. The lowest BCUT2D eigenvalue weighted by atomic mass is 10.0. The number of rotatable bonds is 5. The molecule has 1 amide bonds. The van der Waals surface area contributed by atoms with Crippen LogP contribution in [0.25, 0.3) is 11.1 Å². The lowest BCUT2D eigenvalue weighted by molar-refractivity contribution is -0.119. The fraction of sp³-hybridized carbons (Fsp3) is 0.0476. The van der Waals surface area contributed by atoms with E-state index in [0.717, 1.165) is 15.6 Å². The SMILES string of the molecule is O=C(COC(=O)c1ccc(-c2ccccc2)cc1)Nc1ccccc1Br. The Kier molecular flexibility index (Phi) is 5.81. The number of hydrogen-bond donors (Lipinski definition) is 1. The van der Waals surface area contributed by atoms with E-state index in [9.17, 15) is 9.59 Å². The molecule has 0 unspecified atom stereocenters. The highest BCUT2D eigenvalue weighted by Crippen LogP contribution is 2.21. The molecule has 4 nitrogen and oxygen atoms in total. The number of carbonyl (C=O) groups excluding carboxylic acids is 2. The highest BCUT2D eigenvalue weighted by atomic mass is 79.9. The summed E-state index contributed by atoms with van der Waals surface area (Å²) in [5.74, 6) is -0.932. The van der Waals surface area contributed by atoms with E-state index in [1.807, 2.05) is 54.6 Å². The van der Waals surface area contributed by atoms with Crippen LogP contribution in [-0.4, -0.2) is 18.5 Å². The molecule has 0 saturated carbocycles. The minimum Gasteiger partial charge on any atom is -0.452 e. The number of benzene rings is 3. The van der Waals surface area contributed by atoms with E-state index in [1.54, 1.807) is 24.3 Å². The van der Waals surface area contributed by atoms with Gasteiger partial charge in [0.15, 0.2) is 6.61 Å². The lowest BCUT2D eigenvalue weighted by Crippen LogP contribution is -2.21. The van der Waals surface area contributed by atoms with Crippen molar-refractivity contribution in [2.45, 2.75) is 0 Å². The van der Waals surface area contributed by atoms with Crippen molar-refractivity contribution in [1.82, 2.24) is 0 Å². The number of para-hydroxylation sites is 1. The number of hydrogen-bond acceptors (Lipinski definition) is 3. The van der Waals surface area contributed by atoms with Gasteiger partial charge in [0.1, 0.15) is 0 Å². The molecule has 0 saturated heterocycles. The summed E-state index contributed by atoms with van der Waals surface area (Å²) in [6.07, 6.45) is 0. The standard InChI is InChI=1S/C21H16BrNO3/c22-18-8-4-5-9-19(18)23-20(24)14-26-21(25)17-12-10-16(11-13-17)15-6-2-1-3-7-15/h1-13H,14H2,(H,23,24). The summed E-state index contributed by atoms with van der Waals surface area (Å²) in [6.45, 7) is -0.347. The number of anilines is 1. The Hall–Kier alpha value is -2.92. The van der Waals surface area contributed by atoms with Gasteiger partial charge in [-0.05, 0) is 51.3 Å². The summed E-state index contributed by atoms with van der Waals surface area (Å²) in [5.41, 5.74) is 3.10. The quantitative estimate of drug-likeness (QED) is 0.608. The fourth-order valence-corrected chi connectivity index (χ4v) is 2.78. The van der Waals surface area contributed by atoms with Crippen molar-refractivity contribution < 1.29 is 14.3 Å². The monoisotopic (exact) mass is 409 g/mol. The zero-order valence-electron chi connectivity index (χ0n) is 13.8. The average Bonchev–Trinajstić information content (AvgIpc) is 2.69. The first-order valence-corrected chi connectivity index (χ1v) is 8.80. The Morgan fingerprint density at radius 1 is 0.808 bits per heavy atom. The molecule has 0 aliphatic carbocycles. The van der Waals surface area contributed by atoms with Crippen LogP contribution in [0.5, 0.6) is 0 Å². The largest absolute Gasteiger partial charge is 0.452 e. The van der Waals surface area contributed by atoms with Crippen molar-refractivity contribution in [2.24, 2.45) is 0 Å². The second-order valence-electron chi connectivity index (χ2n) is 5.55. The van der Waals surface area contributed by atoms with E-state index in [0.29, 0.717) is 11.3 Å². The molecule has 0 aromatic heterocycles.